The molecule has 0 spiro atoms. The normalized spacial score (nSPS) is 12.9. The molecule has 0 amide bonds. The predicted octanol–water partition coefficient (Wildman–Crippen LogP) is 5.27. The third-order valence-corrected chi connectivity index (χ3v) is 5.23. The van der Waals surface area contributed by atoms with Gasteiger partial charge in [0.2, 0.25) is 5.95 Å². The zero-order valence-electron chi connectivity index (χ0n) is 16.3. The molecule has 0 atom stereocenters. The molecule has 0 radical (unpaired) electrons. The Labute approximate surface area is 171 Å². The van der Waals surface area contributed by atoms with E-state index in [1.165, 1.54) is 23.3 Å². The predicted molar refractivity (Wildman–Crippen MR) is 114 cm³/mol. The fourth-order valence-electron chi connectivity index (χ4n) is 3.44. The molecule has 3 aromatic rings. The number of hydrogen-bond acceptors (Lipinski definition) is 4. The Hall–Kier alpha value is -2.66. The van der Waals surface area contributed by atoms with Crippen molar-refractivity contribution in [3.05, 3.63) is 76.2 Å². The highest BCUT2D eigenvalue weighted by molar-refractivity contribution is 5.85. The number of fused-ring (bicyclic) bond motifs is 1. The summed E-state index contributed by atoms with van der Waals surface area (Å²) in [6, 6.07) is 13.3. The number of nitrogens with zero attached hydrogens (tertiary/aromatic N) is 3. The minimum atomic E-state index is -0.235. The third-order valence-electron chi connectivity index (χ3n) is 5.23. The van der Waals surface area contributed by atoms with E-state index in [4.69, 9.17) is 9.97 Å². The molecule has 1 aromatic heterocycles. The summed E-state index contributed by atoms with van der Waals surface area (Å²) in [6.45, 7) is 7.60. The van der Waals surface area contributed by atoms with Gasteiger partial charge in [-0.1, -0.05) is 24.3 Å². The van der Waals surface area contributed by atoms with Gasteiger partial charge in [-0.15, -0.1) is 12.4 Å². The fourth-order valence-corrected chi connectivity index (χ4v) is 3.44. The summed E-state index contributed by atoms with van der Waals surface area (Å²) >= 11 is 0. The van der Waals surface area contributed by atoms with Crippen molar-refractivity contribution >= 4 is 29.9 Å². The molecule has 0 saturated heterocycles. The van der Waals surface area contributed by atoms with E-state index in [1.54, 1.807) is 6.07 Å². The summed E-state index contributed by atoms with van der Waals surface area (Å²) in [5.41, 5.74) is 6.37. The van der Waals surface area contributed by atoms with Gasteiger partial charge in [0, 0.05) is 30.0 Å². The molecule has 28 heavy (non-hydrogen) atoms. The maximum absolute atomic E-state index is 13.4. The van der Waals surface area contributed by atoms with Crippen molar-refractivity contribution in [2.75, 3.05) is 16.8 Å². The second-order valence-corrected chi connectivity index (χ2v) is 7.11. The summed E-state index contributed by atoms with van der Waals surface area (Å²) in [4.78, 5) is 11.7. The molecule has 146 valence electrons. The minimum absolute atomic E-state index is 0. The van der Waals surface area contributed by atoms with Crippen LogP contribution in [0.2, 0.25) is 0 Å². The van der Waals surface area contributed by atoms with Crippen molar-refractivity contribution < 1.29 is 4.39 Å². The molecule has 2 aromatic carbocycles. The highest BCUT2D eigenvalue weighted by Gasteiger charge is 2.20. The lowest BCUT2D eigenvalue weighted by Gasteiger charge is -2.29. The van der Waals surface area contributed by atoms with Gasteiger partial charge in [0.15, 0.2) is 0 Å². The molecule has 0 saturated carbocycles. The van der Waals surface area contributed by atoms with Crippen LogP contribution in [0.4, 0.5) is 21.8 Å². The van der Waals surface area contributed by atoms with E-state index >= 15 is 0 Å². The molecule has 0 fully saturated rings. The Morgan fingerprint density at radius 3 is 2.50 bits per heavy atom. The molecule has 0 bridgehead atoms. The lowest BCUT2D eigenvalue weighted by Crippen LogP contribution is -2.32. The van der Waals surface area contributed by atoms with Crippen molar-refractivity contribution in [1.29, 1.82) is 0 Å². The minimum Gasteiger partial charge on any atom is -0.340 e. The number of benzene rings is 2. The van der Waals surface area contributed by atoms with E-state index in [0.29, 0.717) is 0 Å². The SMILES string of the molecule is Cc1cc(F)ccc1Nc1nc(N2CCc3ccccc3C2)nc(C)c1C.Cl. The van der Waals surface area contributed by atoms with E-state index in [0.717, 1.165) is 53.8 Å². The zero-order valence-corrected chi connectivity index (χ0v) is 17.1. The van der Waals surface area contributed by atoms with E-state index in [-0.39, 0.29) is 18.2 Å². The molecule has 4 rings (SSSR count). The highest BCUT2D eigenvalue weighted by Crippen LogP contribution is 2.28. The van der Waals surface area contributed by atoms with Crippen LogP contribution in [-0.2, 0) is 13.0 Å². The molecular weight excluding hydrogens is 375 g/mol. The number of aryl methyl sites for hydroxylation is 2. The van der Waals surface area contributed by atoms with Gasteiger partial charge in [-0.05, 0) is 62.1 Å². The van der Waals surface area contributed by atoms with Crippen LogP contribution in [0, 0.1) is 26.6 Å². The van der Waals surface area contributed by atoms with Crippen molar-refractivity contribution in [3.63, 3.8) is 0 Å². The molecule has 1 N–H and O–H groups in total. The Morgan fingerprint density at radius 1 is 1.00 bits per heavy atom. The van der Waals surface area contributed by atoms with E-state index in [9.17, 15) is 4.39 Å². The summed E-state index contributed by atoms with van der Waals surface area (Å²) < 4.78 is 13.4. The Balaban J connectivity index is 0.00000225. The van der Waals surface area contributed by atoms with Gasteiger partial charge in [-0.3, -0.25) is 0 Å². The van der Waals surface area contributed by atoms with Crippen LogP contribution in [0.1, 0.15) is 27.9 Å². The van der Waals surface area contributed by atoms with E-state index in [1.807, 2.05) is 20.8 Å². The van der Waals surface area contributed by atoms with Crippen molar-refractivity contribution in [2.45, 2.75) is 33.7 Å². The Morgan fingerprint density at radius 2 is 1.75 bits per heavy atom. The summed E-state index contributed by atoms with van der Waals surface area (Å²) in [7, 11) is 0. The van der Waals surface area contributed by atoms with Gasteiger partial charge >= 0.3 is 0 Å². The maximum atomic E-state index is 13.4. The summed E-state index contributed by atoms with van der Waals surface area (Å²) in [5.74, 6) is 1.27. The standard InChI is InChI=1S/C22H23FN4.ClH/c1-14-12-19(23)8-9-20(14)25-21-15(2)16(3)24-22(26-21)27-11-10-17-6-4-5-7-18(17)13-27;/h4-9,12H,10-11,13H2,1-3H3,(H,24,25,26);1H. The third kappa shape index (κ3) is 3.94. The summed E-state index contributed by atoms with van der Waals surface area (Å²) in [6.07, 6.45) is 0.992. The molecule has 1 aliphatic rings. The van der Waals surface area contributed by atoms with Crippen molar-refractivity contribution in [1.82, 2.24) is 9.97 Å². The Bertz CT molecular complexity index is 1010. The van der Waals surface area contributed by atoms with E-state index in [2.05, 4.69) is 34.5 Å². The van der Waals surface area contributed by atoms with Crippen LogP contribution in [-0.4, -0.2) is 16.5 Å². The number of aromatic nitrogens is 2. The van der Waals surface area contributed by atoms with Gasteiger partial charge in [0.25, 0.3) is 0 Å². The fraction of sp³-hybridized carbons (Fsp3) is 0.273. The van der Waals surface area contributed by atoms with E-state index < -0.39 is 0 Å². The average molecular weight is 399 g/mol. The van der Waals surface area contributed by atoms with Crippen LogP contribution in [0.3, 0.4) is 0 Å². The first-order valence-electron chi connectivity index (χ1n) is 9.21. The average Bonchev–Trinajstić information content (AvgIpc) is 2.67. The first kappa shape index (κ1) is 20.1. The van der Waals surface area contributed by atoms with Crippen LogP contribution in [0.5, 0.6) is 0 Å². The van der Waals surface area contributed by atoms with Gasteiger partial charge in [0.1, 0.15) is 11.6 Å². The van der Waals surface area contributed by atoms with Crippen molar-refractivity contribution in [3.8, 4) is 0 Å². The quantitative estimate of drug-likeness (QED) is 0.652. The smallest absolute Gasteiger partial charge is 0.227 e. The Kier molecular flexibility index (Phi) is 5.84. The number of anilines is 3. The van der Waals surface area contributed by atoms with Crippen LogP contribution < -0.4 is 10.2 Å². The van der Waals surface area contributed by atoms with Crippen LogP contribution >= 0.6 is 12.4 Å². The maximum Gasteiger partial charge on any atom is 0.227 e. The molecule has 2 heterocycles. The molecular formula is C22H24ClFN4. The second kappa shape index (κ2) is 8.15. The topological polar surface area (TPSA) is 41.1 Å². The second-order valence-electron chi connectivity index (χ2n) is 7.11. The molecule has 1 aliphatic heterocycles. The molecule has 0 aliphatic carbocycles. The van der Waals surface area contributed by atoms with Gasteiger partial charge in [-0.2, -0.15) is 4.98 Å². The number of nitrogens with one attached hydrogen (secondary N) is 1. The molecule has 0 unspecified atom stereocenters. The van der Waals surface area contributed by atoms with Gasteiger partial charge in [0.05, 0.1) is 0 Å². The zero-order chi connectivity index (χ0) is 19.0. The lowest BCUT2D eigenvalue weighted by molar-refractivity contribution is 0.627. The highest BCUT2D eigenvalue weighted by atomic mass is 35.5. The van der Waals surface area contributed by atoms with Gasteiger partial charge < -0.3 is 10.2 Å². The largest absolute Gasteiger partial charge is 0.340 e. The molecule has 4 nitrogen and oxygen atoms in total. The number of hydrogen-bond donors (Lipinski definition) is 1. The van der Waals surface area contributed by atoms with Gasteiger partial charge in [-0.25, -0.2) is 9.37 Å². The lowest BCUT2D eigenvalue weighted by atomic mass is 10.0. The molecule has 6 heteroatoms. The van der Waals surface area contributed by atoms with Crippen molar-refractivity contribution in [2.24, 2.45) is 0 Å². The van der Waals surface area contributed by atoms with Crippen LogP contribution in [0.25, 0.3) is 0 Å². The first-order valence-corrected chi connectivity index (χ1v) is 9.21. The number of halogens is 2. The number of rotatable bonds is 3. The monoisotopic (exact) mass is 398 g/mol. The first-order chi connectivity index (χ1) is 13.0. The summed E-state index contributed by atoms with van der Waals surface area (Å²) in [5, 5.41) is 3.36. The van der Waals surface area contributed by atoms with Crippen LogP contribution in [0.15, 0.2) is 42.5 Å².